The minimum absolute atomic E-state index is 0.109. The molecule has 2 aromatic carbocycles. The van der Waals surface area contributed by atoms with Crippen molar-refractivity contribution < 1.29 is 33.7 Å². The molecule has 2 aromatic rings. The maximum absolute atomic E-state index is 12.7. The molecule has 3 rings (SSSR count). The molecule has 1 aliphatic rings. The maximum atomic E-state index is 12.7. The van der Waals surface area contributed by atoms with Crippen molar-refractivity contribution in [2.24, 2.45) is 0 Å². The molecule has 0 aliphatic carbocycles. The van der Waals surface area contributed by atoms with Crippen molar-refractivity contribution in [2.45, 2.75) is 6.92 Å². The van der Waals surface area contributed by atoms with Crippen LogP contribution in [0.25, 0.3) is 6.08 Å². The van der Waals surface area contributed by atoms with E-state index in [4.69, 9.17) is 19.3 Å². The highest BCUT2D eigenvalue weighted by molar-refractivity contribution is 8.18. The van der Waals surface area contributed by atoms with E-state index in [-0.39, 0.29) is 23.8 Å². The molecule has 31 heavy (non-hydrogen) atoms. The summed E-state index contributed by atoms with van der Waals surface area (Å²) < 4.78 is 16.5. The Bertz CT molecular complexity index is 991. The fourth-order valence-electron chi connectivity index (χ4n) is 2.81. The summed E-state index contributed by atoms with van der Waals surface area (Å²) in [4.78, 5) is 37.3. The number of carbonyl (C=O) groups excluding carboxylic acids is 2. The van der Waals surface area contributed by atoms with Crippen LogP contribution in [-0.2, 0) is 9.59 Å². The third-order valence-corrected chi connectivity index (χ3v) is 5.04. The predicted molar refractivity (Wildman–Crippen MR) is 115 cm³/mol. The number of carboxylic acid groups (broad SMARTS) is 1. The van der Waals surface area contributed by atoms with Gasteiger partial charge < -0.3 is 19.3 Å². The zero-order valence-electron chi connectivity index (χ0n) is 16.8. The average molecular weight is 443 g/mol. The number of ether oxygens (including phenoxy) is 3. The van der Waals surface area contributed by atoms with Gasteiger partial charge in [-0.3, -0.25) is 14.5 Å². The molecule has 0 saturated carbocycles. The van der Waals surface area contributed by atoms with Crippen molar-refractivity contribution >= 4 is 35.0 Å². The highest BCUT2D eigenvalue weighted by Gasteiger charge is 2.35. The first kappa shape index (κ1) is 22.2. The number of nitrogens with zero attached hydrogens (tertiary/aromatic N) is 1. The van der Waals surface area contributed by atoms with Crippen LogP contribution in [0.1, 0.15) is 12.5 Å². The van der Waals surface area contributed by atoms with Crippen molar-refractivity contribution in [3.05, 3.63) is 59.0 Å². The third kappa shape index (κ3) is 5.79. The minimum atomic E-state index is -1.14. The highest BCUT2D eigenvalue weighted by Crippen LogP contribution is 2.37. The number of para-hydroxylation sites is 2. The Morgan fingerprint density at radius 3 is 2.55 bits per heavy atom. The van der Waals surface area contributed by atoms with Gasteiger partial charge in [0.05, 0.1) is 18.1 Å². The van der Waals surface area contributed by atoms with Gasteiger partial charge in [-0.1, -0.05) is 30.3 Å². The smallest absolute Gasteiger partial charge is 0.341 e. The summed E-state index contributed by atoms with van der Waals surface area (Å²) in [5.74, 6) is -0.384. The molecule has 1 aliphatic heterocycles. The molecule has 8 nitrogen and oxygen atoms in total. The van der Waals surface area contributed by atoms with E-state index >= 15 is 0 Å². The third-order valence-electron chi connectivity index (χ3n) is 4.14. The highest BCUT2D eigenvalue weighted by atomic mass is 32.2. The Morgan fingerprint density at radius 1 is 1.06 bits per heavy atom. The molecule has 162 valence electrons. The van der Waals surface area contributed by atoms with E-state index in [1.165, 1.54) is 6.08 Å². The molecular weight excluding hydrogens is 422 g/mol. The zero-order chi connectivity index (χ0) is 22.2. The van der Waals surface area contributed by atoms with Crippen molar-refractivity contribution in [3.8, 4) is 17.2 Å². The average Bonchev–Trinajstić information content (AvgIpc) is 3.01. The fourth-order valence-corrected chi connectivity index (χ4v) is 3.67. The number of amides is 2. The van der Waals surface area contributed by atoms with Crippen LogP contribution in [0.3, 0.4) is 0 Å². The van der Waals surface area contributed by atoms with E-state index in [0.717, 1.165) is 16.7 Å². The summed E-state index contributed by atoms with van der Waals surface area (Å²) >= 11 is 0.805. The van der Waals surface area contributed by atoms with E-state index in [1.54, 1.807) is 37.3 Å². The number of aliphatic carboxylic acids is 1. The Kier molecular flexibility index (Phi) is 7.55. The number of hydrogen-bond acceptors (Lipinski definition) is 7. The Morgan fingerprint density at radius 2 is 1.84 bits per heavy atom. The molecule has 2 amide bonds. The standard InChI is InChI=1S/C22H21NO7S/c1-2-28-17-10-6-7-15(20(17)30-14-19(24)25)13-18-21(26)23(22(27)31-18)11-12-29-16-8-4-3-5-9-16/h3-10,13H,2,11-12,14H2,1H3,(H,24,25)/b18-13-. The van der Waals surface area contributed by atoms with Crippen molar-refractivity contribution in [1.29, 1.82) is 0 Å². The first-order chi connectivity index (χ1) is 15.0. The molecule has 0 radical (unpaired) electrons. The zero-order valence-corrected chi connectivity index (χ0v) is 17.6. The lowest BCUT2D eigenvalue weighted by Crippen LogP contribution is -2.32. The van der Waals surface area contributed by atoms with Gasteiger partial charge in [0.1, 0.15) is 12.4 Å². The van der Waals surface area contributed by atoms with E-state index in [0.29, 0.717) is 23.7 Å². The molecule has 0 atom stereocenters. The van der Waals surface area contributed by atoms with Crippen LogP contribution < -0.4 is 14.2 Å². The Labute approximate surface area is 183 Å². The molecule has 1 N–H and O–H groups in total. The number of rotatable bonds is 10. The van der Waals surface area contributed by atoms with Gasteiger partial charge in [0.25, 0.3) is 11.1 Å². The number of benzene rings is 2. The number of imide groups is 1. The van der Waals surface area contributed by atoms with E-state index in [1.807, 2.05) is 18.2 Å². The first-order valence-electron chi connectivity index (χ1n) is 9.53. The van der Waals surface area contributed by atoms with Gasteiger partial charge in [0.15, 0.2) is 18.1 Å². The SMILES string of the molecule is CCOc1cccc(/C=C2\SC(=O)N(CCOc3ccccc3)C2=O)c1OCC(=O)O. The fraction of sp³-hybridized carbons (Fsp3) is 0.227. The van der Waals surface area contributed by atoms with Gasteiger partial charge in [-0.25, -0.2) is 4.79 Å². The number of hydrogen-bond donors (Lipinski definition) is 1. The van der Waals surface area contributed by atoms with E-state index in [9.17, 15) is 14.4 Å². The second-order valence-electron chi connectivity index (χ2n) is 6.28. The van der Waals surface area contributed by atoms with Crippen LogP contribution in [0, 0.1) is 0 Å². The molecule has 1 saturated heterocycles. The summed E-state index contributed by atoms with van der Waals surface area (Å²) in [6.07, 6.45) is 1.50. The number of thioether (sulfide) groups is 1. The van der Waals surface area contributed by atoms with Crippen LogP contribution >= 0.6 is 11.8 Å². The second-order valence-corrected chi connectivity index (χ2v) is 7.28. The molecule has 1 heterocycles. The monoisotopic (exact) mass is 443 g/mol. The summed E-state index contributed by atoms with van der Waals surface area (Å²) in [6.45, 7) is 1.85. The molecule has 9 heteroatoms. The number of carbonyl (C=O) groups is 3. The topological polar surface area (TPSA) is 102 Å². The summed E-state index contributed by atoms with van der Waals surface area (Å²) in [7, 11) is 0. The van der Waals surface area contributed by atoms with Crippen LogP contribution in [0.5, 0.6) is 17.2 Å². The van der Waals surface area contributed by atoms with Crippen LogP contribution in [0.4, 0.5) is 4.79 Å². The molecule has 0 unspecified atom stereocenters. The van der Waals surface area contributed by atoms with Gasteiger partial charge in [-0.05, 0) is 43.0 Å². The molecule has 0 spiro atoms. The summed E-state index contributed by atoms with van der Waals surface area (Å²) in [5.41, 5.74) is 0.443. The lowest BCUT2D eigenvalue weighted by atomic mass is 10.1. The quantitative estimate of drug-likeness (QED) is 0.555. The van der Waals surface area contributed by atoms with Crippen LogP contribution in [0.2, 0.25) is 0 Å². The lowest BCUT2D eigenvalue weighted by molar-refractivity contribution is -0.139. The van der Waals surface area contributed by atoms with E-state index in [2.05, 4.69) is 0 Å². The Balaban J connectivity index is 1.75. The van der Waals surface area contributed by atoms with Crippen molar-refractivity contribution in [2.75, 3.05) is 26.4 Å². The van der Waals surface area contributed by atoms with Gasteiger partial charge >= 0.3 is 5.97 Å². The van der Waals surface area contributed by atoms with Crippen molar-refractivity contribution in [3.63, 3.8) is 0 Å². The molecule has 1 fully saturated rings. The van der Waals surface area contributed by atoms with E-state index < -0.39 is 23.7 Å². The summed E-state index contributed by atoms with van der Waals surface area (Å²) in [5, 5.41) is 8.54. The van der Waals surface area contributed by atoms with Gasteiger partial charge in [-0.2, -0.15) is 0 Å². The van der Waals surface area contributed by atoms with Crippen LogP contribution in [0.15, 0.2) is 53.4 Å². The normalized spacial score (nSPS) is 14.7. The second kappa shape index (κ2) is 10.5. The summed E-state index contributed by atoms with van der Waals surface area (Å²) in [6, 6.07) is 14.1. The first-order valence-corrected chi connectivity index (χ1v) is 10.3. The Hall–Kier alpha value is -3.46. The molecular formula is C22H21NO7S. The maximum Gasteiger partial charge on any atom is 0.341 e. The predicted octanol–water partition coefficient (Wildman–Crippen LogP) is 3.66. The molecule has 0 bridgehead atoms. The van der Waals surface area contributed by atoms with Gasteiger partial charge in [-0.15, -0.1) is 0 Å². The van der Waals surface area contributed by atoms with Gasteiger partial charge in [0, 0.05) is 5.56 Å². The largest absolute Gasteiger partial charge is 0.492 e. The van der Waals surface area contributed by atoms with Gasteiger partial charge in [0.2, 0.25) is 0 Å². The number of carboxylic acids is 1. The minimum Gasteiger partial charge on any atom is -0.492 e. The van der Waals surface area contributed by atoms with Crippen LogP contribution in [-0.4, -0.2) is 53.5 Å². The molecule has 0 aromatic heterocycles. The van der Waals surface area contributed by atoms with Crippen molar-refractivity contribution in [1.82, 2.24) is 4.90 Å². The lowest BCUT2D eigenvalue weighted by Gasteiger charge is -2.14.